The van der Waals surface area contributed by atoms with Gasteiger partial charge in [-0.3, -0.25) is 19.5 Å². The van der Waals surface area contributed by atoms with Gasteiger partial charge in [-0.15, -0.1) is 0 Å². The van der Waals surface area contributed by atoms with E-state index < -0.39 is 0 Å². The second-order valence-electron chi connectivity index (χ2n) is 6.85. The van der Waals surface area contributed by atoms with Crippen LogP contribution < -0.4 is 11.1 Å². The van der Waals surface area contributed by atoms with Gasteiger partial charge in [-0.25, -0.2) is 4.68 Å². The molecule has 1 amide bonds. The van der Waals surface area contributed by atoms with E-state index >= 15 is 0 Å². The number of methoxy groups -OCH3 is 1. The Labute approximate surface area is 151 Å². The van der Waals surface area contributed by atoms with Crippen LogP contribution in [0.1, 0.15) is 25.7 Å². The lowest BCUT2D eigenvalue weighted by molar-refractivity contribution is -0.132. The number of benzene rings is 1. The smallest absolute Gasteiger partial charge is 0.273 e. The number of carbonyl (C=O) groups is 1. The van der Waals surface area contributed by atoms with E-state index in [-0.39, 0.29) is 30.0 Å². The average Bonchev–Trinajstić information content (AvgIpc) is 2.89. The van der Waals surface area contributed by atoms with Crippen molar-refractivity contribution in [3.8, 4) is 0 Å². The molecule has 1 N–H and O–H groups in total. The summed E-state index contributed by atoms with van der Waals surface area (Å²) in [6.45, 7) is 2.25. The number of nitrogens with zero attached hydrogens (tertiary/aromatic N) is 2. The quantitative estimate of drug-likeness (QED) is 0.873. The normalized spacial score (nSPS) is 18.0. The number of hydrogen-bond donors (Lipinski definition) is 1. The van der Waals surface area contributed by atoms with E-state index in [1.807, 2.05) is 4.90 Å². The Morgan fingerprint density at radius 3 is 2.77 bits per heavy atom. The van der Waals surface area contributed by atoms with Crippen molar-refractivity contribution >= 4 is 16.7 Å². The van der Waals surface area contributed by atoms with E-state index in [9.17, 15) is 14.4 Å². The molecule has 1 aliphatic rings. The molecule has 0 spiro atoms. The van der Waals surface area contributed by atoms with Crippen molar-refractivity contribution in [3.63, 3.8) is 0 Å². The summed E-state index contributed by atoms with van der Waals surface area (Å²) in [6, 6.07) is 6.71. The maximum absolute atomic E-state index is 12.6. The lowest BCUT2D eigenvalue weighted by Gasteiger charge is -2.24. The number of rotatable bonds is 5. The van der Waals surface area contributed by atoms with Gasteiger partial charge < -0.3 is 9.64 Å². The molecule has 7 heteroatoms. The number of hydrogen-bond acceptors (Lipinski definition) is 4. The molecule has 0 saturated carbocycles. The highest BCUT2D eigenvalue weighted by molar-refractivity contribution is 5.80. The van der Waals surface area contributed by atoms with Gasteiger partial charge in [0.15, 0.2) is 0 Å². The Hall–Kier alpha value is -2.41. The Balaban J connectivity index is 1.71. The maximum Gasteiger partial charge on any atom is 0.273 e. The number of aryl methyl sites for hydroxylation is 1. The van der Waals surface area contributed by atoms with Crippen molar-refractivity contribution in [1.29, 1.82) is 0 Å². The molecule has 2 aromatic rings. The number of amides is 1. The number of aromatic amines is 1. The van der Waals surface area contributed by atoms with Gasteiger partial charge in [-0.1, -0.05) is 18.6 Å². The molecular formula is C19H25N3O4. The van der Waals surface area contributed by atoms with Gasteiger partial charge in [0.05, 0.1) is 23.9 Å². The van der Waals surface area contributed by atoms with Crippen LogP contribution in [0.15, 0.2) is 33.9 Å². The third kappa shape index (κ3) is 4.04. The molecule has 1 unspecified atom stereocenters. The van der Waals surface area contributed by atoms with Gasteiger partial charge in [0.2, 0.25) is 5.91 Å². The molecule has 1 fully saturated rings. The van der Waals surface area contributed by atoms with Crippen LogP contribution in [-0.2, 0) is 16.1 Å². The molecule has 2 heterocycles. The number of aromatic nitrogens is 2. The number of fused-ring (bicyclic) bond motifs is 1. The third-order valence-corrected chi connectivity index (χ3v) is 4.96. The van der Waals surface area contributed by atoms with Crippen LogP contribution in [0.3, 0.4) is 0 Å². The summed E-state index contributed by atoms with van der Waals surface area (Å²) >= 11 is 0. The highest BCUT2D eigenvalue weighted by Gasteiger charge is 2.22. The second-order valence-corrected chi connectivity index (χ2v) is 6.85. The van der Waals surface area contributed by atoms with E-state index in [0.29, 0.717) is 29.8 Å². The lowest BCUT2D eigenvalue weighted by atomic mass is 10.0. The van der Waals surface area contributed by atoms with E-state index in [2.05, 4.69) is 5.10 Å². The summed E-state index contributed by atoms with van der Waals surface area (Å²) in [5.74, 6) is 0.364. The number of ether oxygens (including phenoxy) is 1. The predicted molar refractivity (Wildman–Crippen MR) is 99.2 cm³/mol. The van der Waals surface area contributed by atoms with Gasteiger partial charge in [-0.2, -0.15) is 0 Å². The number of nitrogens with one attached hydrogen (secondary N) is 1. The minimum Gasteiger partial charge on any atom is -0.384 e. The van der Waals surface area contributed by atoms with Crippen molar-refractivity contribution in [2.24, 2.45) is 5.92 Å². The highest BCUT2D eigenvalue weighted by Crippen LogP contribution is 2.17. The van der Waals surface area contributed by atoms with Gasteiger partial charge in [0.1, 0.15) is 0 Å². The topological polar surface area (TPSA) is 84.4 Å². The van der Waals surface area contributed by atoms with Gasteiger partial charge in [-0.05, 0) is 30.9 Å². The van der Waals surface area contributed by atoms with E-state index in [0.717, 1.165) is 25.8 Å². The SMILES string of the molecule is COCC1CCCCN(C(=O)CCn2[nH]c(=O)c3ccccc3c2=O)C1. The summed E-state index contributed by atoms with van der Waals surface area (Å²) < 4.78 is 6.48. The van der Waals surface area contributed by atoms with E-state index in [1.165, 1.54) is 4.68 Å². The standard InChI is InChI=1S/C19H25N3O4/c1-26-13-14-6-4-5-10-21(12-14)17(23)9-11-22-19(25)16-8-3-2-7-15(16)18(24)20-22/h2-3,7-8,14H,4-6,9-13H2,1H3,(H,20,24). The van der Waals surface area contributed by atoms with Gasteiger partial charge in [0.25, 0.3) is 11.1 Å². The first-order valence-corrected chi connectivity index (χ1v) is 9.08. The van der Waals surface area contributed by atoms with Crippen molar-refractivity contribution in [1.82, 2.24) is 14.7 Å². The summed E-state index contributed by atoms with van der Waals surface area (Å²) in [5, 5.41) is 3.32. The van der Waals surface area contributed by atoms with Crippen LogP contribution in [0.25, 0.3) is 10.8 Å². The molecule has 1 atom stereocenters. The molecular weight excluding hydrogens is 334 g/mol. The molecule has 0 bridgehead atoms. The molecule has 0 radical (unpaired) electrons. The third-order valence-electron chi connectivity index (χ3n) is 4.96. The van der Waals surface area contributed by atoms with Crippen molar-refractivity contribution in [2.75, 3.05) is 26.8 Å². The van der Waals surface area contributed by atoms with Crippen molar-refractivity contribution in [3.05, 3.63) is 45.0 Å². The first-order chi connectivity index (χ1) is 12.6. The Bertz CT molecular complexity index is 886. The van der Waals surface area contributed by atoms with Crippen LogP contribution in [0.4, 0.5) is 0 Å². The maximum atomic E-state index is 12.6. The minimum atomic E-state index is -0.317. The molecule has 1 aliphatic heterocycles. The molecule has 1 aromatic heterocycles. The fourth-order valence-corrected chi connectivity index (χ4v) is 3.60. The Morgan fingerprint density at radius 2 is 2.00 bits per heavy atom. The second kappa shape index (κ2) is 8.31. The molecule has 0 aliphatic carbocycles. The lowest BCUT2D eigenvalue weighted by Crippen LogP contribution is -2.37. The van der Waals surface area contributed by atoms with Crippen LogP contribution in [0, 0.1) is 5.92 Å². The Morgan fingerprint density at radius 1 is 1.23 bits per heavy atom. The summed E-state index contributed by atoms with van der Waals surface area (Å²) in [4.78, 5) is 39.1. The van der Waals surface area contributed by atoms with Crippen LogP contribution >= 0.6 is 0 Å². The van der Waals surface area contributed by atoms with Crippen LogP contribution in [0.2, 0.25) is 0 Å². The largest absolute Gasteiger partial charge is 0.384 e. The zero-order valence-electron chi connectivity index (χ0n) is 15.1. The number of likely N-dealkylation sites (tertiary alicyclic amines) is 1. The van der Waals surface area contributed by atoms with Gasteiger partial charge in [0, 0.05) is 26.6 Å². The zero-order valence-corrected chi connectivity index (χ0v) is 15.1. The van der Waals surface area contributed by atoms with Crippen molar-refractivity contribution < 1.29 is 9.53 Å². The first kappa shape index (κ1) is 18.4. The van der Waals surface area contributed by atoms with Crippen LogP contribution in [-0.4, -0.2) is 47.4 Å². The number of H-pyrrole nitrogens is 1. The molecule has 3 rings (SSSR count). The zero-order chi connectivity index (χ0) is 18.5. The van der Waals surface area contributed by atoms with Crippen molar-refractivity contribution in [2.45, 2.75) is 32.2 Å². The van der Waals surface area contributed by atoms with Gasteiger partial charge >= 0.3 is 0 Å². The molecule has 1 aromatic carbocycles. The first-order valence-electron chi connectivity index (χ1n) is 9.08. The molecule has 26 heavy (non-hydrogen) atoms. The summed E-state index contributed by atoms with van der Waals surface area (Å²) in [7, 11) is 1.68. The van der Waals surface area contributed by atoms with E-state index in [1.54, 1.807) is 31.4 Å². The minimum absolute atomic E-state index is 0.00825. The van der Waals surface area contributed by atoms with E-state index in [4.69, 9.17) is 4.74 Å². The number of carbonyl (C=O) groups excluding carboxylic acids is 1. The highest BCUT2D eigenvalue weighted by atomic mass is 16.5. The predicted octanol–water partition coefficient (Wildman–Crippen LogP) is 1.35. The molecule has 7 nitrogen and oxygen atoms in total. The average molecular weight is 359 g/mol. The molecule has 1 saturated heterocycles. The molecule has 140 valence electrons. The Kier molecular flexibility index (Phi) is 5.88. The summed E-state index contributed by atoms with van der Waals surface area (Å²) in [5.41, 5.74) is -0.594. The van der Waals surface area contributed by atoms with Crippen LogP contribution in [0.5, 0.6) is 0 Å². The summed E-state index contributed by atoms with van der Waals surface area (Å²) in [6.07, 6.45) is 3.33. The fraction of sp³-hybridized carbons (Fsp3) is 0.526. The fourth-order valence-electron chi connectivity index (χ4n) is 3.60. The monoisotopic (exact) mass is 359 g/mol.